The molecular weight excluding hydrogens is 399 g/mol. The number of alkyl halides is 1. The van der Waals surface area contributed by atoms with E-state index in [4.69, 9.17) is 4.74 Å². The van der Waals surface area contributed by atoms with E-state index in [9.17, 15) is 19.8 Å². The van der Waals surface area contributed by atoms with Gasteiger partial charge in [-0.1, -0.05) is 32.9 Å². The van der Waals surface area contributed by atoms with E-state index in [0.717, 1.165) is 0 Å². The fourth-order valence-electron chi connectivity index (χ4n) is 6.85. The largest absolute Gasteiger partial charge is 0.451 e. The Bertz CT molecular complexity index is 930. The molecule has 4 aliphatic rings. The molecule has 2 N–H and O–H groups in total. The van der Waals surface area contributed by atoms with E-state index >= 15 is 4.39 Å². The summed E-state index contributed by atoms with van der Waals surface area (Å²) in [6, 6.07) is 0. The molecule has 6 heteroatoms. The Morgan fingerprint density at radius 1 is 1.35 bits per heavy atom. The Balaban J connectivity index is 1.91. The molecule has 0 radical (unpaired) electrons. The quantitative estimate of drug-likeness (QED) is 0.406. The van der Waals surface area contributed by atoms with E-state index in [0.29, 0.717) is 17.6 Å². The number of allylic oxidation sites excluding steroid dienone is 1. The van der Waals surface area contributed by atoms with Crippen LogP contribution in [0.15, 0.2) is 34.9 Å². The average Bonchev–Trinajstić information content (AvgIpc) is 3.20. The van der Waals surface area contributed by atoms with E-state index in [-0.39, 0.29) is 34.5 Å². The smallest absolute Gasteiger partial charge is 0.334 e. The van der Waals surface area contributed by atoms with Gasteiger partial charge >= 0.3 is 5.97 Å². The lowest BCUT2D eigenvalue weighted by molar-refractivity contribution is -0.169. The third kappa shape index (κ3) is 2.67. The van der Waals surface area contributed by atoms with Crippen LogP contribution in [-0.4, -0.2) is 46.4 Å². The normalized spacial score (nSPS) is 45.6. The van der Waals surface area contributed by atoms with E-state index < -0.39 is 41.8 Å². The molecule has 0 saturated heterocycles. The molecule has 0 aliphatic heterocycles. The molecule has 8 atom stereocenters. The monoisotopic (exact) mass is 432 g/mol. The second kappa shape index (κ2) is 6.85. The number of Topliss-reactive ketones (excluding diaryl/α,β-unsaturated/α-hetero) is 1. The van der Waals surface area contributed by atoms with Gasteiger partial charge in [0, 0.05) is 5.57 Å². The van der Waals surface area contributed by atoms with Crippen molar-refractivity contribution in [1.82, 2.24) is 0 Å². The van der Waals surface area contributed by atoms with Gasteiger partial charge in [0.2, 0.25) is 0 Å². The first kappa shape index (κ1) is 22.4. The number of esters is 1. The van der Waals surface area contributed by atoms with Crippen LogP contribution in [0.1, 0.15) is 48.0 Å². The van der Waals surface area contributed by atoms with Crippen LogP contribution >= 0.6 is 0 Å². The van der Waals surface area contributed by atoms with Crippen molar-refractivity contribution in [3.8, 4) is 0 Å². The number of halogens is 1. The van der Waals surface area contributed by atoms with Gasteiger partial charge in [-0.3, -0.25) is 4.79 Å². The Labute approximate surface area is 183 Å². The lowest BCUT2D eigenvalue weighted by Crippen LogP contribution is -2.59. The summed E-state index contributed by atoms with van der Waals surface area (Å²) in [5, 5.41) is 22.1. The minimum absolute atomic E-state index is 0.00909. The van der Waals surface area contributed by atoms with Crippen molar-refractivity contribution in [2.24, 2.45) is 34.5 Å². The number of ketones is 1. The van der Waals surface area contributed by atoms with Crippen molar-refractivity contribution in [3.05, 3.63) is 34.9 Å². The van der Waals surface area contributed by atoms with E-state index in [2.05, 4.69) is 13.8 Å². The maximum atomic E-state index is 15.8. The highest BCUT2D eigenvalue weighted by Crippen LogP contribution is 2.72. The predicted octanol–water partition coefficient (Wildman–Crippen LogP) is 3.31. The van der Waals surface area contributed by atoms with Crippen LogP contribution in [0.5, 0.6) is 0 Å². The molecule has 2 bridgehead atoms. The summed E-state index contributed by atoms with van der Waals surface area (Å²) in [6.07, 6.45) is 2.49. The predicted molar refractivity (Wildman–Crippen MR) is 114 cm³/mol. The maximum Gasteiger partial charge on any atom is 0.334 e. The van der Waals surface area contributed by atoms with Crippen LogP contribution in [0.3, 0.4) is 0 Å². The van der Waals surface area contributed by atoms with Gasteiger partial charge < -0.3 is 14.9 Å². The molecule has 0 aromatic rings. The highest BCUT2D eigenvalue weighted by molar-refractivity contribution is 5.95. The summed E-state index contributed by atoms with van der Waals surface area (Å²) in [4.78, 5) is 26.7. The van der Waals surface area contributed by atoms with E-state index in [1.807, 2.05) is 6.92 Å². The van der Waals surface area contributed by atoms with E-state index in [1.165, 1.54) is 6.08 Å². The number of aliphatic hydroxyl groups is 2. The second-order valence-corrected chi connectivity index (χ2v) is 10.6. The lowest BCUT2D eigenvalue weighted by Gasteiger charge is -2.45. The van der Waals surface area contributed by atoms with Crippen molar-refractivity contribution in [1.29, 1.82) is 0 Å². The fourth-order valence-corrected chi connectivity index (χ4v) is 6.85. The zero-order valence-electron chi connectivity index (χ0n) is 19.1. The van der Waals surface area contributed by atoms with E-state index in [1.54, 1.807) is 32.9 Å². The minimum atomic E-state index is -1.95. The molecule has 0 unspecified atom stereocenters. The molecule has 4 aliphatic carbocycles. The first-order valence-corrected chi connectivity index (χ1v) is 11.1. The molecule has 0 amide bonds. The second-order valence-electron chi connectivity index (χ2n) is 10.6. The molecule has 4 rings (SSSR count). The summed E-state index contributed by atoms with van der Waals surface area (Å²) in [5.74, 6) is -2.14. The number of carbonyl (C=O) groups excluding carboxylic acids is 2. The standard InChI is InChI=1S/C25H33FO5/c1-7-12(2)22(29)31-21-13(3)9-24-14(4)8-16-18(23(16,5)6)17(20(24)28)19(26)15(11-27)10-25(21,24)30/h7,9-10,14,16-19,21,27,30H,8,11H2,1-6H3/b12-7-/t14-,16-,17-,18-,19-,21+,24+,25+/m1/s1. The summed E-state index contributed by atoms with van der Waals surface area (Å²) in [7, 11) is 0. The third-order valence-corrected chi connectivity index (χ3v) is 8.79. The molecule has 170 valence electrons. The van der Waals surface area contributed by atoms with Gasteiger partial charge in [-0.2, -0.15) is 0 Å². The highest BCUT2D eigenvalue weighted by atomic mass is 19.1. The number of ether oxygens (including phenoxy) is 1. The van der Waals surface area contributed by atoms with Gasteiger partial charge in [-0.05, 0) is 67.6 Å². The third-order valence-electron chi connectivity index (χ3n) is 8.79. The van der Waals surface area contributed by atoms with Crippen molar-refractivity contribution >= 4 is 11.8 Å². The molecule has 2 saturated carbocycles. The van der Waals surface area contributed by atoms with Gasteiger partial charge in [0.05, 0.1) is 17.9 Å². The van der Waals surface area contributed by atoms with Crippen LogP contribution in [-0.2, 0) is 14.3 Å². The molecule has 2 fully saturated rings. The van der Waals surface area contributed by atoms with Crippen molar-refractivity contribution in [2.45, 2.75) is 65.8 Å². The summed E-state index contributed by atoms with van der Waals surface area (Å²) in [6.45, 7) is 10.5. The van der Waals surface area contributed by atoms with Crippen molar-refractivity contribution < 1.29 is 28.9 Å². The SMILES string of the molecule is C/C=C(/C)C(=O)O[C@H]1C(C)=C[C@@]23C(=O)[C@H]([C@H]4[C@@H](C[C@H]2C)C4(C)C)[C@H](F)C(CO)=C[C@]13O. The molecular formula is C25H33FO5. The first-order chi connectivity index (χ1) is 14.4. The molecule has 0 heterocycles. The number of hydrogen-bond acceptors (Lipinski definition) is 5. The Morgan fingerprint density at radius 3 is 2.58 bits per heavy atom. The Kier molecular flexibility index (Phi) is 4.95. The summed E-state index contributed by atoms with van der Waals surface area (Å²) < 4.78 is 21.5. The van der Waals surface area contributed by atoms with Crippen LogP contribution in [0, 0.1) is 34.5 Å². The first-order valence-electron chi connectivity index (χ1n) is 11.1. The maximum absolute atomic E-state index is 15.8. The topological polar surface area (TPSA) is 83.8 Å². The molecule has 31 heavy (non-hydrogen) atoms. The van der Waals surface area contributed by atoms with Gasteiger partial charge in [0.1, 0.15) is 11.8 Å². The van der Waals surface area contributed by atoms with Gasteiger partial charge in [0.25, 0.3) is 0 Å². The van der Waals surface area contributed by atoms with Crippen LogP contribution in [0.4, 0.5) is 4.39 Å². The van der Waals surface area contributed by atoms with Gasteiger partial charge in [-0.15, -0.1) is 0 Å². The molecule has 5 nitrogen and oxygen atoms in total. The number of rotatable bonds is 3. The summed E-state index contributed by atoms with van der Waals surface area (Å²) >= 11 is 0. The van der Waals surface area contributed by atoms with Crippen molar-refractivity contribution in [2.75, 3.05) is 6.61 Å². The molecule has 1 spiro atoms. The number of hydrogen-bond donors (Lipinski definition) is 2. The minimum Gasteiger partial charge on any atom is -0.451 e. The van der Waals surface area contributed by atoms with Crippen LogP contribution < -0.4 is 0 Å². The van der Waals surface area contributed by atoms with Crippen LogP contribution in [0.2, 0.25) is 0 Å². The average molecular weight is 433 g/mol. The zero-order chi connectivity index (χ0) is 23.1. The fraction of sp³-hybridized carbons (Fsp3) is 0.680. The molecule has 0 aromatic heterocycles. The highest BCUT2D eigenvalue weighted by Gasteiger charge is 2.75. The number of fused-ring (bicyclic) bond motifs is 3. The summed E-state index contributed by atoms with van der Waals surface area (Å²) in [5.41, 5.74) is -2.58. The van der Waals surface area contributed by atoms with Gasteiger partial charge in [-0.25, -0.2) is 9.18 Å². The number of aliphatic hydroxyl groups excluding tert-OH is 1. The van der Waals surface area contributed by atoms with Gasteiger partial charge in [0.15, 0.2) is 11.9 Å². The zero-order valence-corrected chi connectivity index (χ0v) is 19.1. The van der Waals surface area contributed by atoms with Crippen molar-refractivity contribution in [3.63, 3.8) is 0 Å². The Hall–Kier alpha value is -1.79. The molecule has 0 aromatic carbocycles. The number of carbonyl (C=O) groups is 2. The Morgan fingerprint density at radius 2 is 2.00 bits per heavy atom. The van der Waals surface area contributed by atoms with Crippen LogP contribution in [0.25, 0.3) is 0 Å². The lowest BCUT2D eigenvalue weighted by atomic mass is 9.60.